The maximum absolute atomic E-state index is 12.7. The third kappa shape index (κ3) is 3.32. The van der Waals surface area contributed by atoms with E-state index < -0.39 is 31.9 Å². The average Bonchev–Trinajstić information content (AvgIpc) is 2.89. The molecule has 1 heterocycles. The largest absolute Gasteiger partial charge is 0.481 e. The molecule has 24 heavy (non-hydrogen) atoms. The van der Waals surface area contributed by atoms with Gasteiger partial charge in [0.25, 0.3) is 0 Å². The second-order valence-electron chi connectivity index (χ2n) is 5.88. The Morgan fingerprint density at radius 2 is 1.88 bits per heavy atom. The number of hydrogen-bond donors (Lipinski definition) is 2. The molecule has 2 N–H and O–H groups in total. The molecule has 0 amide bonds. The van der Waals surface area contributed by atoms with Gasteiger partial charge in [-0.2, -0.15) is 4.31 Å². The Labute approximate surface area is 141 Å². The Kier molecular flexibility index (Phi) is 5.05. The van der Waals surface area contributed by atoms with Gasteiger partial charge >= 0.3 is 5.97 Å². The van der Waals surface area contributed by atoms with Gasteiger partial charge in [-0.15, -0.1) is 0 Å². The molecule has 0 bridgehead atoms. The first kappa shape index (κ1) is 18.8. The monoisotopic (exact) mass is 376 g/mol. The average molecular weight is 376 g/mol. The number of carboxylic acids is 1. The zero-order valence-electron chi connectivity index (χ0n) is 13.6. The van der Waals surface area contributed by atoms with Gasteiger partial charge in [0.15, 0.2) is 0 Å². The molecule has 1 saturated heterocycles. The molecule has 0 unspecified atom stereocenters. The van der Waals surface area contributed by atoms with Crippen LogP contribution in [0.1, 0.15) is 12.5 Å². The molecule has 1 fully saturated rings. The number of hydrogen-bond acceptors (Lipinski definition) is 5. The van der Waals surface area contributed by atoms with Crippen molar-refractivity contribution in [1.82, 2.24) is 9.03 Å². The number of sulfonamides is 2. The number of nitrogens with one attached hydrogen (secondary N) is 1. The van der Waals surface area contributed by atoms with Crippen LogP contribution in [0.25, 0.3) is 0 Å². The van der Waals surface area contributed by atoms with Crippen LogP contribution in [0, 0.1) is 18.8 Å². The first-order valence-corrected chi connectivity index (χ1v) is 10.2. The van der Waals surface area contributed by atoms with Gasteiger partial charge in [-0.1, -0.05) is 6.92 Å². The Bertz CT molecular complexity index is 863. The van der Waals surface area contributed by atoms with Gasteiger partial charge in [-0.25, -0.2) is 21.6 Å². The van der Waals surface area contributed by atoms with Gasteiger partial charge < -0.3 is 5.11 Å². The van der Waals surface area contributed by atoms with E-state index >= 15 is 0 Å². The van der Waals surface area contributed by atoms with Crippen LogP contribution in [0.3, 0.4) is 0 Å². The highest BCUT2D eigenvalue weighted by molar-refractivity contribution is 7.89. The van der Waals surface area contributed by atoms with Crippen molar-refractivity contribution in [3.63, 3.8) is 0 Å². The van der Waals surface area contributed by atoms with Crippen LogP contribution >= 0.6 is 0 Å². The Balaban J connectivity index is 2.38. The SMILES string of the molecule is CNS(=O)(=O)c1ccc(S(=O)(=O)N2C[C@@H](C)[C@H](C(=O)O)C2)cc1C. The van der Waals surface area contributed by atoms with Crippen molar-refractivity contribution in [3.8, 4) is 0 Å². The van der Waals surface area contributed by atoms with Crippen LogP contribution in [-0.4, -0.2) is 52.4 Å². The molecule has 0 radical (unpaired) electrons. The lowest BCUT2D eigenvalue weighted by Gasteiger charge is -2.17. The predicted molar refractivity (Wildman–Crippen MR) is 86.5 cm³/mol. The summed E-state index contributed by atoms with van der Waals surface area (Å²) in [5.74, 6) is -2.06. The number of aryl methyl sites for hydroxylation is 1. The van der Waals surface area contributed by atoms with Crippen LogP contribution in [0.2, 0.25) is 0 Å². The molecule has 134 valence electrons. The number of benzene rings is 1. The zero-order valence-corrected chi connectivity index (χ0v) is 15.2. The maximum atomic E-state index is 12.7. The third-order valence-corrected chi connectivity index (χ3v) is 7.64. The lowest BCUT2D eigenvalue weighted by atomic mass is 9.99. The summed E-state index contributed by atoms with van der Waals surface area (Å²) in [4.78, 5) is 11.1. The summed E-state index contributed by atoms with van der Waals surface area (Å²) in [6, 6.07) is 3.76. The predicted octanol–water partition coefficient (Wildman–Crippen LogP) is 0.244. The first-order valence-electron chi connectivity index (χ1n) is 7.28. The molecule has 0 saturated carbocycles. The minimum atomic E-state index is -3.87. The van der Waals surface area contributed by atoms with E-state index in [1.165, 1.54) is 32.2 Å². The summed E-state index contributed by atoms with van der Waals surface area (Å²) >= 11 is 0. The molecule has 0 aromatic heterocycles. The number of rotatable bonds is 5. The summed E-state index contributed by atoms with van der Waals surface area (Å²) < 4.78 is 52.4. The van der Waals surface area contributed by atoms with Crippen LogP contribution in [-0.2, 0) is 24.8 Å². The summed E-state index contributed by atoms with van der Waals surface area (Å²) in [7, 11) is -6.27. The molecule has 1 aromatic carbocycles. The normalized spacial score (nSPS) is 22.6. The lowest BCUT2D eigenvalue weighted by molar-refractivity contribution is -0.142. The highest BCUT2D eigenvalue weighted by Gasteiger charge is 2.40. The number of nitrogens with zero attached hydrogens (tertiary/aromatic N) is 1. The number of carbonyl (C=O) groups is 1. The molecule has 8 nitrogen and oxygen atoms in total. The molecule has 10 heteroatoms. The molecule has 0 spiro atoms. The second kappa shape index (κ2) is 6.43. The molecule has 2 atom stereocenters. The summed E-state index contributed by atoms with van der Waals surface area (Å²) in [6.45, 7) is 3.24. The van der Waals surface area contributed by atoms with E-state index in [0.717, 1.165) is 4.31 Å². The fourth-order valence-electron chi connectivity index (χ4n) is 2.78. The van der Waals surface area contributed by atoms with Crippen molar-refractivity contribution >= 4 is 26.0 Å². The molecule has 2 rings (SSSR count). The number of aliphatic carboxylic acids is 1. The minimum Gasteiger partial charge on any atom is -0.481 e. The van der Waals surface area contributed by atoms with Gasteiger partial charge in [0, 0.05) is 13.1 Å². The van der Waals surface area contributed by atoms with Crippen LogP contribution in [0.4, 0.5) is 0 Å². The first-order chi connectivity index (χ1) is 11.0. The van der Waals surface area contributed by atoms with Crippen molar-refractivity contribution in [1.29, 1.82) is 0 Å². The molecule has 1 aromatic rings. The van der Waals surface area contributed by atoms with Crippen molar-refractivity contribution in [2.75, 3.05) is 20.1 Å². The molecular weight excluding hydrogens is 356 g/mol. The van der Waals surface area contributed by atoms with Gasteiger partial charge in [0.2, 0.25) is 20.0 Å². The fourth-order valence-corrected chi connectivity index (χ4v) is 5.38. The fraction of sp³-hybridized carbons (Fsp3) is 0.500. The Hall–Kier alpha value is -1.49. The van der Waals surface area contributed by atoms with E-state index in [4.69, 9.17) is 5.11 Å². The molecule has 1 aliphatic rings. The van der Waals surface area contributed by atoms with Gasteiger partial charge in [0.1, 0.15) is 0 Å². The van der Waals surface area contributed by atoms with Crippen molar-refractivity contribution in [3.05, 3.63) is 23.8 Å². The lowest BCUT2D eigenvalue weighted by Crippen LogP contribution is -2.30. The van der Waals surface area contributed by atoms with Gasteiger partial charge in [-0.05, 0) is 43.7 Å². The zero-order chi connectivity index (χ0) is 18.3. The highest BCUT2D eigenvalue weighted by atomic mass is 32.2. The quantitative estimate of drug-likeness (QED) is 0.760. The number of carboxylic acid groups (broad SMARTS) is 1. The smallest absolute Gasteiger partial charge is 0.308 e. The standard InChI is InChI=1S/C14H20N2O6S2/c1-9-6-11(4-5-13(9)23(19,20)15-3)24(21,22)16-7-10(2)12(8-16)14(17)18/h4-6,10,12,15H,7-8H2,1-3H3,(H,17,18)/t10-,12-/m1/s1. The Morgan fingerprint density at radius 3 is 2.33 bits per heavy atom. The van der Waals surface area contributed by atoms with Crippen molar-refractivity contribution in [2.24, 2.45) is 11.8 Å². The summed E-state index contributed by atoms with van der Waals surface area (Å²) in [5, 5.41) is 9.14. The van der Waals surface area contributed by atoms with E-state index in [2.05, 4.69) is 4.72 Å². The van der Waals surface area contributed by atoms with Gasteiger partial charge in [0.05, 0.1) is 15.7 Å². The summed E-state index contributed by atoms with van der Waals surface area (Å²) in [6.07, 6.45) is 0. The second-order valence-corrected chi connectivity index (χ2v) is 9.67. The van der Waals surface area contributed by atoms with Gasteiger partial charge in [-0.3, -0.25) is 4.79 Å². The molecule has 0 aliphatic carbocycles. The third-order valence-electron chi connectivity index (χ3n) is 4.24. The topological polar surface area (TPSA) is 121 Å². The van der Waals surface area contributed by atoms with E-state index in [1.807, 2.05) is 0 Å². The minimum absolute atomic E-state index is 0.00199. The highest BCUT2D eigenvalue weighted by Crippen LogP contribution is 2.29. The van der Waals surface area contributed by atoms with E-state index in [1.54, 1.807) is 6.92 Å². The molecular formula is C14H20N2O6S2. The summed E-state index contributed by atoms with van der Waals surface area (Å²) in [5.41, 5.74) is 0.299. The van der Waals surface area contributed by atoms with Crippen LogP contribution in [0.5, 0.6) is 0 Å². The van der Waals surface area contributed by atoms with E-state index in [-0.39, 0.29) is 28.8 Å². The maximum Gasteiger partial charge on any atom is 0.308 e. The Morgan fingerprint density at radius 1 is 1.25 bits per heavy atom. The van der Waals surface area contributed by atoms with E-state index in [9.17, 15) is 21.6 Å². The van der Waals surface area contributed by atoms with Crippen LogP contribution < -0.4 is 4.72 Å². The molecule has 1 aliphatic heterocycles. The van der Waals surface area contributed by atoms with Crippen LogP contribution in [0.15, 0.2) is 28.0 Å². The van der Waals surface area contributed by atoms with Crippen molar-refractivity contribution < 1.29 is 26.7 Å². The van der Waals surface area contributed by atoms with Crippen molar-refractivity contribution in [2.45, 2.75) is 23.6 Å². The van der Waals surface area contributed by atoms with E-state index in [0.29, 0.717) is 5.56 Å².